The molecule has 1 aromatic carbocycles. The van der Waals surface area contributed by atoms with Crippen LogP contribution in [0.5, 0.6) is 0 Å². The van der Waals surface area contributed by atoms with E-state index in [4.69, 9.17) is 0 Å². The number of nitrogens with one attached hydrogen (secondary N) is 1. The Morgan fingerprint density at radius 1 is 1.32 bits per heavy atom. The molecule has 4 rings (SSSR count). The van der Waals surface area contributed by atoms with Gasteiger partial charge in [0.1, 0.15) is 17.5 Å². The molecule has 2 unspecified atom stereocenters. The van der Waals surface area contributed by atoms with Gasteiger partial charge < -0.3 is 10.4 Å². The maximum Gasteiger partial charge on any atom is 0.310 e. The third-order valence-electron chi connectivity index (χ3n) is 6.68. The van der Waals surface area contributed by atoms with Gasteiger partial charge in [-0.3, -0.25) is 9.69 Å². The van der Waals surface area contributed by atoms with Crippen LogP contribution in [0.1, 0.15) is 43.0 Å². The number of aliphatic carboxylic acids is 1. The normalized spacial score (nSPS) is 20.9. The largest absolute Gasteiger partial charge is 0.481 e. The molecule has 9 heteroatoms. The second kappa shape index (κ2) is 10.1. The number of pyridine rings is 1. The predicted octanol–water partition coefficient (Wildman–Crippen LogP) is 5.56. The summed E-state index contributed by atoms with van der Waals surface area (Å²) in [5, 5.41) is 15.7. The van der Waals surface area contributed by atoms with E-state index >= 15 is 0 Å². The summed E-state index contributed by atoms with van der Waals surface area (Å²) in [7, 11) is 0. The van der Waals surface area contributed by atoms with Crippen molar-refractivity contribution in [2.75, 3.05) is 11.9 Å². The summed E-state index contributed by atoms with van der Waals surface area (Å²) in [6.45, 7) is 4.64. The lowest BCUT2D eigenvalue weighted by Crippen LogP contribution is -2.50. The summed E-state index contributed by atoms with van der Waals surface area (Å²) in [5.74, 6) is -1.27. The van der Waals surface area contributed by atoms with E-state index in [2.05, 4.69) is 20.2 Å². The number of likely N-dealkylation sites (tertiary alicyclic amines) is 1. The van der Waals surface area contributed by atoms with Crippen molar-refractivity contribution < 1.29 is 18.7 Å². The zero-order valence-electron chi connectivity index (χ0n) is 19.2. The summed E-state index contributed by atoms with van der Waals surface area (Å²) in [6.07, 6.45) is 3.03. The fourth-order valence-corrected chi connectivity index (χ4v) is 5.24. The molecule has 1 fully saturated rings. The zero-order chi connectivity index (χ0) is 24.3. The van der Waals surface area contributed by atoms with Gasteiger partial charge in [0.25, 0.3) is 0 Å². The van der Waals surface area contributed by atoms with Crippen molar-refractivity contribution in [2.24, 2.45) is 5.41 Å². The van der Waals surface area contributed by atoms with Crippen molar-refractivity contribution in [2.45, 2.75) is 52.1 Å². The lowest BCUT2D eigenvalue weighted by atomic mass is 9.71. The van der Waals surface area contributed by atoms with Crippen LogP contribution in [-0.2, 0) is 17.8 Å². The molecule has 6 nitrogen and oxygen atoms in total. The second-order valence-corrected chi connectivity index (χ2v) is 9.78. The van der Waals surface area contributed by atoms with Crippen LogP contribution in [0.15, 0.2) is 41.9 Å². The molecular weight excluding hydrogens is 458 g/mol. The van der Waals surface area contributed by atoms with Crippen molar-refractivity contribution in [1.82, 2.24) is 14.9 Å². The van der Waals surface area contributed by atoms with Gasteiger partial charge in [0, 0.05) is 36.1 Å². The maximum absolute atomic E-state index is 14.7. The number of carboxylic acids is 1. The van der Waals surface area contributed by atoms with Gasteiger partial charge in [-0.1, -0.05) is 25.1 Å². The number of rotatable bonds is 8. The van der Waals surface area contributed by atoms with Crippen LogP contribution in [0.3, 0.4) is 0 Å². The molecule has 0 radical (unpaired) electrons. The van der Waals surface area contributed by atoms with Crippen molar-refractivity contribution in [1.29, 1.82) is 0 Å². The van der Waals surface area contributed by atoms with Crippen molar-refractivity contribution >= 4 is 28.3 Å². The Labute approximate surface area is 201 Å². The van der Waals surface area contributed by atoms with E-state index in [0.717, 1.165) is 0 Å². The highest BCUT2D eigenvalue weighted by atomic mass is 32.1. The minimum absolute atomic E-state index is 0.00922. The topological polar surface area (TPSA) is 78.3 Å². The Hall–Kier alpha value is -2.91. The van der Waals surface area contributed by atoms with E-state index in [1.807, 2.05) is 18.4 Å². The molecule has 1 aliphatic heterocycles. The summed E-state index contributed by atoms with van der Waals surface area (Å²) in [5.41, 5.74) is 0.179. The number of aromatic nitrogens is 2. The monoisotopic (exact) mass is 486 g/mol. The molecule has 1 aliphatic rings. The molecule has 0 saturated carbocycles. The van der Waals surface area contributed by atoms with Gasteiger partial charge in [-0.25, -0.2) is 18.7 Å². The molecule has 3 aromatic rings. The number of piperidine rings is 1. The molecule has 2 atom stereocenters. The number of carbonyl (C=O) groups is 1. The third-order valence-corrected chi connectivity index (χ3v) is 7.37. The van der Waals surface area contributed by atoms with Crippen LogP contribution < -0.4 is 5.32 Å². The molecule has 34 heavy (non-hydrogen) atoms. The standard InChI is InChI=1S/C25H28F2N4O2S/c1-3-18-13-25(23(32)33,9-11-31(18)15-17-6-4-5-16(2)22(17)27)14-20-19(26)7-8-21(29-20)30-24-28-10-12-34-24/h4-8,10,12,18H,3,9,11,13-15H2,1-2H3,(H,32,33)(H,28,29,30). The first kappa shape index (κ1) is 24.2. The van der Waals surface area contributed by atoms with Gasteiger partial charge in [-0.15, -0.1) is 11.3 Å². The van der Waals surface area contributed by atoms with Gasteiger partial charge >= 0.3 is 5.97 Å². The van der Waals surface area contributed by atoms with Crippen molar-refractivity contribution in [3.05, 3.63) is 70.4 Å². The second-order valence-electron chi connectivity index (χ2n) is 8.88. The van der Waals surface area contributed by atoms with E-state index in [0.29, 0.717) is 54.4 Å². The number of aryl methyl sites for hydroxylation is 1. The van der Waals surface area contributed by atoms with Crippen LogP contribution >= 0.6 is 11.3 Å². The van der Waals surface area contributed by atoms with E-state index in [9.17, 15) is 18.7 Å². The summed E-state index contributed by atoms with van der Waals surface area (Å²) in [4.78, 5) is 23.2. The Morgan fingerprint density at radius 3 is 2.85 bits per heavy atom. The van der Waals surface area contributed by atoms with E-state index in [1.165, 1.54) is 23.5 Å². The Morgan fingerprint density at radius 2 is 2.15 bits per heavy atom. The van der Waals surface area contributed by atoms with Crippen LogP contribution in [0.4, 0.5) is 19.7 Å². The number of carboxylic acid groups (broad SMARTS) is 1. The SMILES string of the molecule is CCC1CC(Cc2nc(Nc3nccs3)ccc2F)(C(=O)O)CCN1Cc1cccc(C)c1F. The van der Waals surface area contributed by atoms with Gasteiger partial charge in [-0.05, 0) is 50.4 Å². The molecule has 3 heterocycles. The molecule has 0 spiro atoms. The fourth-order valence-electron chi connectivity index (χ4n) is 4.71. The van der Waals surface area contributed by atoms with E-state index in [1.54, 1.807) is 25.3 Å². The highest BCUT2D eigenvalue weighted by Gasteiger charge is 2.46. The molecular formula is C25H28F2N4O2S. The summed E-state index contributed by atoms with van der Waals surface area (Å²) >= 11 is 1.39. The molecule has 2 aromatic heterocycles. The fraction of sp³-hybridized carbons (Fsp3) is 0.400. The number of nitrogens with zero attached hydrogens (tertiary/aromatic N) is 3. The number of anilines is 2. The molecule has 0 aliphatic carbocycles. The average Bonchev–Trinajstić information content (AvgIpc) is 3.33. The zero-order valence-corrected chi connectivity index (χ0v) is 20.0. The summed E-state index contributed by atoms with van der Waals surface area (Å²) < 4.78 is 29.3. The first-order valence-corrected chi connectivity index (χ1v) is 12.2. The third kappa shape index (κ3) is 5.10. The first-order chi connectivity index (χ1) is 16.3. The lowest BCUT2D eigenvalue weighted by Gasteiger charge is -2.44. The average molecular weight is 487 g/mol. The van der Waals surface area contributed by atoms with Crippen LogP contribution in [0, 0.1) is 24.0 Å². The van der Waals surface area contributed by atoms with E-state index in [-0.39, 0.29) is 24.0 Å². The minimum atomic E-state index is -1.14. The smallest absolute Gasteiger partial charge is 0.310 e. The molecule has 2 N–H and O–H groups in total. The van der Waals surface area contributed by atoms with Crippen molar-refractivity contribution in [3.8, 4) is 0 Å². The van der Waals surface area contributed by atoms with Gasteiger partial charge in [0.15, 0.2) is 5.13 Å². The molecule has 0 amide bonds. The minimum Gasteiger partial charge on any atom is -0.481 e. The van der Waals surface area contributed by atoms with Gasteiger partial charge in [0.05, 0.1) is 11.1 Å². The number of hydrogen-bond donors (Lipinski definition) is 2. The Bertz CT molecular complexity index is 1160. The maximum atomic E-state index is 14.7. The number of hydrogen-bond acceptors (Lipinski definition) is 6. The number of benzene rings is 1. The highest BCUT2D eigenvalue weighted by molar-refractivity contribution is 7.13. The number of thiazole rings is 1. The number of halogens is 2. The molecule has 180 valence electrons. The van der Waals surface area contributed by atoms with Gasteiger partial charge in [0.2, 0.25) is 0 Å². The molecule has 0 bridgehead atoms. The predicted molar refractivity (Wildman–Crippen MR) is 128 cm³/mol. The van der Waals surface area contributed by atoms with E-state index < -0.39 is 17.2 Å². The van der Waals surface area contributed by atoms with Gasteiger partial charge in [-0.2, -0.15) is 0 Å². The Balaban J connectivity index is 1.55. The lowest BCUT2D eigenvalue weighted by molar-refractivity contribution is -0.154. The highest BCUT2D eigenvalue weighted by Crippen LogP contribution is 2.40. The quantitative estimate of drug-likeness (QED) is 0.434. The van der Waals surface area contributed by atoms with Crippen LogP contribution in [0.2, 0.25) is 0 Å². The van der Waals surface area contributed by atoms with Crippen molar-refractivity contribution in [3.63, 3.8) is 0 Å². The first-order valence-electron chi connectivity index (χ1n) is 11.3. The Kier molecular flexibility index (Phi) is 7.23. The van der Waals surface area contributed by atoms with Crippen LogP contribution in [0.25, 0.3) is 0 Å². The molecule has 1 saturated heterocycles. The van der Waals surface area contributed by atoms with Crippen LogP contribution in [-0.4, -0.2) is 38.5 Å². The summed E-state index contributed by atoms with van der Waals surface area (Å²) in [6, 6.07) is 8.10.